The summed E-state index contributed by atoms with van der Waals surface area (Å²) in [6.45, 7) is 5.88. The Bertz CT molecular complexity index is 293. The zero-order valence-electron chi connectivity index (χ0n) is 13.3. The van der Waals surface area contributed by atoms with Gasteiger partial charge in [0, 0.05) is 13.2 Å². The number of unbranched alkanes of at least 4 members (excludes halogenated alkanes) is 1. The molecule has 2 atom stereocenters. The maximum absolute atomic E-state index is 11.4. The number of nitrogens with two attached hydrogens (primary N) is 1. The summed E-state index contributed by atoms with van der Waals surface area (Å²) in [7, 11) is 3.96. The number of likely N-dealkylation sites (N-methyl/N-ethyl adjacent to an activating group) is 1. The number of hydrogen-bond acceptors (Lipinski definition) is 4. The van der Waals surface area contributed by atoms with Gasteiger partial charge in [-0.2, -0.15) is 0 Å². The van der Waals surface area contributed by atoms with E-state index in [2.05, 4.69) is 17.3 Å². The Morgan fingerprint density at radius 2 is 2.25 bits per heavy atom. The van der Waals surface area contributed by atoms with Crippen molar-refractivity contribution in [3.63, 3.8) is 0 Å². The maximum atomic E-state index is 11.4. The first-order valence-corrected chi connectivity index (χ1v) is 7.73. The summed E-state index contributed by atoms with van der Waals surface area (Å²) in [6, 6.07) is 0. The van der Waals surface area contributed by atoms with Crippen molar-refractivity contribution in [2.75, 3.05) is 40.4 Å². The molecule has 5 nitrogen and oxygen atoms in total. The van der Waals surface area contributed by atoms with Gasteiger partial charge in [-0.15, -0.1) is 0 Å². The Balaban J connectivity index is 2.15. The van der Waals surface area contributed by atoms with Crippen LogP contribution in [0.3, 0.4) is 0 Å². The van der Waals surface area contributed by atoms with Crippen molar-refractivity contribution in [1.29, 1.82) is 0 Å². The van der Waals surface area contributed by atoms with Gasteiger partial charge in [-0.1, -0.05) is 0 Å². The molecule has 1 rings (SSSR count). The molecule has 1 aliphatic rings. The first-order chi connectivity index (χ1) is 9.48. The smallest absolute Gasteiger partial charge is 0.237 e. The highest BCUT2D eigenvalue weighted by Crippen LogP contribution is 2.16. The first kappa shape index (κ1) is 17.4. The van der Waals surface area contributed by atoms with Crippen LogP contribution in [0.2, 0.25) is 0 Å². The molecule has 0 aromatic rings. The number of rotatable bonds is 9. The maximum Gasteiger partial charge on any atom is 0.237 e. The molecule has 0 saturated carbocycles. The normalized spacial score (nSPS) is 22.7. The number of nitrogens with zero attached hydrogens (tertiary/aromatic N) is 1. The molecule has 1 saturated heterocycles. The molecule has 1 amide bonds. The zero-order chi connectivity index (χ0) is 15.0. The van der Waals surface area contributed by atoms with E-state index < -0.39 is 5.54 Å². The summed E-state index contributed by atoms with van der Waals surface area (Å²) in [4.78, 5) is 13.8. The molecule has 0 aromatic heterocycles. The molecule has 0 bridgehead atoms. The van der Waals surface area contributed by atoms with Crippen LogP contribution >= 0.6 is 0 Å². The highest BCUT2D eigenvalue weighted by atomic mass is 16.5. The second kappa shape index (κ2) is 8.60. The van der Waals surface area contributed by atoms with Crippen LogP contribution in [0.1, 0.15) is 39.0 Å². The summed E-state index contributed by atoms with van der Waals surface area (Å²) in [5.74, 6) is 0.412. The summed E-state index contributed by atoms with van der Waals surface area (Å²) >= 11 is 0. The molecule has 1 heterocycles. The van der Waals surface area contributed by atoms with Crippen LogP contribution in [-0.2, 0) is 9.53 Å². The van der Waals surface area contributed by atoms with Crippen molar-refractivity contribution in [2.45, 2.75) is 44.6 Å². The van der Waals surface area contributed by atoms with Crippen molar-refractivity contribution in [3.05, 3.63) is 0 Å². The second-order valence-corrected chi connectivity index (χ2v) is 6.25. The number of carbonyl (C=O) groups excluding carboxylic acids is 1. The minimum absolute atomic E-state index is 0.271. The lowest BCUT2D eigenvalue weighted by atomic mass is 9.94. The van der Waals surface area contributed by atoms with Gasteiger partial charge in [0.05, 0.1) is 12.1 Å². The third-order valence-corrected chi connectivity index (χ3v) is 4.39. The fourth-order valence-corrected chi connectivity index (χ4v) is 2.72. The summed E-state index contributed by atoms with van der Waals surface area (Å²) in [5.41, 5.74) is 4.85. The third kappa shape index (κ3) is 5.77. The van der Waals surface area contributed by atoms with Crippen molar-refractivity contribution in [1.82, 2.24) is 10.2 Å². The van der Waals surface area contributed by atoms with Gasteiger partial charge in [0.1, 0.15) is 0 Å². The van der Waals surface area contributed by atoms with Crippen LogP contribution in [0.4, 0.5) is 0 Å². The molecule has 0 radical (unpaired) electrons. The fourth-order valence-electron chi connectivity index (χ4n) is 2.72. The van der Waals surface area contributed by atoms with E-state index in [1.54, 1.807) is 7.05 Å². The van der Waals surface area contributed by atoms with Crippen molar-refractivity contribution in [3.8, 4) is 0 Å². The van der Waals surface area contributed by atoms with Gasteiger partial charge in [-0.3, -0.25) is 4.79 Å². The predicted molar refractivity (Wildman–Crippen MR) is 81.6 cm³/mol. The lowest BCUT2D eigenvalue weighted by molar-refractivity contribution is -0.123. The van der Waals surface area contributed by atoms with E-state index in [0.717, 1.165) is 45.6 Å². The SMILES string of the molecule is CNC(C)(CCCCN(C)CC1CCCOC1)C(N)=O. The van der Waals surface area contributed by atoms with E-state index in [9.17, 15) is 4.79 Å². The highest BCUT2D eigenvalue weighted by molar-refractivity contribution is 5.84. The molecule has 5 heteroatoms. The summed E-state index contributed by atoms with van der Waals surface area (Å²) in [5, 5.41) is 3.03. The Kier molecular flexibility index (Phi) is 7.48. The van der Waals surface area contributed by atoms with Gasteiger partial charge in [-0.05, 0) is 65.6 Å². The van der Waals surface area contributed by atoms with Crippen LogP contribution < -0.4 is 11.1 Å². The number of amides is 1. The number of ether oxygens (including phenoxy) is 1. The van der Waals surface area contributed by atoms with Gasteiger partial charge in [-0.25, -0.2) is 0 Å². The standard InChI is InChI=1S/C15H31N3O2/c1-15(17-2,14(16)19)8-4-5-9-18(3)11-13-7-6-10-20-12-13/h13,17H,4-12H2,1-3H3,(H2,16,19). The second-order valence-electron chi connectivity index (χ2n) is 6.25. The number of hydrogen-bond donors (Lipinski definition) is 2. The molecule has 1 fully saturated rings. The Morgan fingerprint density at radius 1 is 1.50 bits per heavy atom. The van der Waals surface area contributed by atoms with Crippen molar-refractivity contribution < 1.29 is 9.53 Å². The molecule has 20 heavy (non-hydrogen) atoms. The average Bonchev–Trinajstić information content (AvgIpc) is 2.44. The van der Waals surface area contributed by atoms with Gasteiger partial charge >= 0.3 is 0 Å². The lowest BCUT2D eigenvalue weighted by Crippen LogP contribution is -2.51. The molecule has 1 aliphatic heterocycles. The minimum Gasteiger partial charge on any atom is -0.381 e. The van der Waals surface area contributed by atoms with E-state index >= 15 is 0 Å². The Morgan fingerprint density at radius 3 is 2.80 bits per heavy atom. The Labute approximate surface area is 123 Å². The predicted octanol–water partition coefficient (Wildman–Crippen LogP) is 0.979. The van der Waals surface area contributed by atoms with E-state index in [0.29, 0.717) is 5.92 Å². The monoisotopic (exact) mass is 285 g/mol. The molecule has 118 valence electrons. The molecule has 0 spiro atoms. The average molecular weight is 285 g/mol. The third-order valence-electron chi connectivity index (χ3n) is 4.39. The highest BCUT2D eigenvalue weighted by Gasteiger charge is 2.27. The van der Waals surface area contributed by atoms with Crippen molar-refractivity contribution in [2.24, 2.45) is 11.7 Å². The Hall–Kier alpha value is -0.650. The largest absolute Gasteiger partial charge is 0.381 e. The van der Waals surface area contributed by atoms with E-state index in [-0.39, 0.29) is 5.91 Å². The van der Waals surface area contributed by atoms with Crippen molar-refractivity contribution >= 4 is 5.91 Å². The number of nitrogens with one attached hydrogen (secondary N) is 1. The van der Waals surface area contributed by atoms with E-state index in [1.165, 1.54) is 12.8 Å². The first-order valence-electron chi connectivity index (χ1n) is 7.73. The van der Waals surface area contributed by atoms with Crippen LogP contribution in [-0.4, -0.2) is 56.7 Å². The molecule has 3 N–H and O–H groups in total. The zero-order valence-corrected chi connectivity index (χ0v) is 13.3. The van der Waals surface area contributed by atoms with Crippen LogP contribution in [0.5, 0.6) is 0 Å². The summed E-state index contributed by atoms with van der Waals surface area (Å²) in [6.07, 6.45) is 5.36. The van der Waals surface area contributed by atoms with Crippen LogP contribution in [0.15, 0.2) is 0 Å². The quantitative estimate of drug-likeness (QED) is 0.620. The lowest BCUT2D eigenvalue weighted by Gasteiger charge is -2.28. The van der Waals surface area contributed by atoms with Gasteiger partial charge in [0.25, 0.3) is 0 Å². The van der Waals surface area contributed by atoms with E-state index in [4.69, 9.17) is 10.5 Å². The minimum atomic E-state index is -0.574. The van der Waals surface area contributed by atoms with Gasteiger partial charge < -0.3 is 20.7 Å². The van der Waals surface area contributed by atoms with E-state index in [1.807, 2.05) is 6.92 Å². The number of primary amides is 1. The van der Waals surface area contributed by atoms with Crippen LogP contribution in [0, 0.1) is 5.92 Å². The molecule has 2 unspecified atom stereocenters. The molecule has 0 aliphatic carbocycles. The molecular weight excluding hydrogens is 254 g/mol. The van der Waals surface area contributed by atoms with Gasteiger partial charge in [0.15, 0.2) is 0 Å². The van der Waals surface area contributed by atoms with Crippen LogP contribution in [0.25, 0.3) is 0 Å². The molecular formula is C15H31N3O2. The summed E-state index contributed by atoms with van der Waals surface area (Å²) < 4.78 is 5.51. The van der Waals surface area contributed by atoms with Gasteiger partial charge in [0.2, 0.25) is 5.91 Å². The molecule has 0 aromatic carbocycles. The fraction of sp³-hybridized carbons (Fsp3) is 0.933. The number of carbonyl (C=O) groups is 1. The topological polar surface area (TPSA) is 67.6 Å².